The van der Waals surface area contributed by atoms with Crippen LogP contribution in [0, 0.1) is 11.3 Å². The van der Waals surface area contributed by atoms with Crippen molar-refractivity contribution in [2.24, 2.45) is 0 Å². The van der Waals surface area contributed by atoms with Crippen LogP contribution in [0.1, 0.15) is 43.5 Å². The van der Waals surface area contributed by atoms with Gasteiger partial charge in [-0.25, -0.2) is 9.97 Å². The highest BCUT2D eigenvalue weighted by molar-refractivity contribution is 5.65. The van der Waals surface area contributed by atoms with Crippen LogP contribution >= 0.6 is 0 Å². The maximum absolute atomic E-state index is 10.9. The summed E-state index contributed by atoms with van der Waals surface area (Å²) in [5, 5.41) is 26.9. The molecule has 2 aromatic heterocycles. The minimum Gasteiger partial charge on any atom is -0.384 e. The zero-order valence-electron chi connectivity index (χ0n) is 21.0. The Hall–Kier alpha value is -3.74. The quantitative estimate of drug-likeness (QED) is 0.479. The van der Waals surface area contributed by atoms with Crippen molar-refractivity contribution in [2.45, 2.75) is 44.8 Å². The van der Waals surface area contributed by atoms with E-state index in [0.717, 1.165) is 37.3 Å². The van der Waals surface area contributed by atoms with Crippen LogP contribution in [-0.4, -0.2) is 57.7 Å². The smallest absolute Gasteiger partial charge is 0.229 e. The standard InChI is InChI=1S/C27H32N8O/c1-4-27(36)12-11-19-5-10-23(31-24(19)27)32-25-20(15-28)16-29-26(33-25)30-21-6-8-22(9-7-21)35-14-13-34(3)17-18(35)2/h5-10,16,18,36H,4,11-14,17H2,1-3H3,(H2,29,30,31,32,33). The molecule has 9 nitrogen and oxygen atoms in total. The Morgan fingerprint density at radius 3 is 2.67 bits per heavy atom. The van der Waals surface area contributed by atoms with Crippen molar-refractivity contribution in [3.8, 4) is 6.07 Å². The Balaban J connectivity index is 1.33. The van der Waals surface area contributed by atoms with E-state index >= 15 is 0 Å². The molecule has 3 N–H and O–H groups in total. The lowest BCUT2D eigenvalue weighted by Crippen LogP contribution is -2.50. The first-order chi connectivity index (χ1) is 17.4. The minimum atomic E-state index is -0.905. The van der Waals surface area contributed by atoms with E-state index in [0.29, 0.717) is 47.7 Å². The zero-order valence-corrected chi connectivity index (χ0v) is 21.0. The fourth-order valence-electron chi connectivity index (χ4n) is 5.10. The van der Waals surface area contributed by atoms with Crippen molar-refractivity contribution < 1.29 is 5.11 Å². The molecule has 1 aromatic carbocycles. The molecule has 9 heteroatoms. The number of aliphatic hydroxyl groups is 1. The summed E-state index contributed by atoms with van der Waals surface area (Å²) < 4.78 is 0. The molecule has 1 saturated heterocycles. The number of aromatic nitrogens is 3. The lowest BCUT2D eigenvalue weighted by Gasteiger charge is -2.39. The van der Waals surface area contributed by atoms with Gasteiger partial charge >= 0.3 is 0 Å². The Morgan fingerprint density at radius 1 is 1.14 bits per heavy atom. The number of likely N-dealkylation sites (N-methyl/N-ethyl adjacent to an activating group) is 1. The highest BCUT2D eigenvalue weighted by Crippen LogP contribution is 2.38. The summed E-state index contributed by atoms with van der Waals surface area (Å²) in [6.07, 6.45) is 3.58. The summed E-state index contributed by atoms with van der Waals surface area (Å²) in [7, 11) is 2.16. The van der Waals surface area contributed by atoms with E-state index in [-0.39, 0.29) is 0 Å². The number of nitrogens with one attached hydrogen (secondary N) is 2. The normalized spacial score (nSPS) is 21.6. The molecule has 36 heavy (non-hydrogen) atoms. The number of nitrogens with zero attached hydrogens (tertiary/aromatic N) is 6. The van der Waals surface area contributed by atoms with E-state index in [1.54, 1.807) is 0 Å². The third-order valence-electron chi connectivity index (χ3n) is 7.25. The molecule has 1 fully saturated rings. The molecule has 186 valence electrons. The predicted molar refractivity (Wildman–Crippen MR) is 141 cm³/mol. The number of piperazine rings is 1. The zero-order chi connectivity index (χ0) is 25.3. The van der Waals surface area contributed by atoms with Crippen LogP contribution in [0.25, 0.3) is 0 Å². The average Bonchev–Trinajstić information content (AvgIpc) is 3.21. The Morgan fingerprint density at radius 2 is 1.94 bits per heavy atom. The first kappa shape index (κ1) is 24.0. The molecule has 0 saturated carbocycles. The number of benzene rings is 1. The Bertz CT molecular complexity index is 1290. The van der Waals surface area contributed by atoms with Crippen LogP contribution in [0.4, 0.5) is 29.0 Å². The molecule has 2 aliphatic rings. The average molecular weight is 485 g/mol. The van der Waals surface area contributed by atoms with Gasteiger partial charge in [-0.3, -0.25) is 0 Å². The Labute approximate surface area is 211 Å². The van der Waals surface area contributed by atoms with Gasteiger partial charge in [-0.05, 0) is 69.1 Å². The van der Waals surface area contributed by atoms with Gasteiger partial charge in [-0.15, -0.1) is 0 Å². The van der Waals surface area contributed by atoms with Gasteiger partial charge in [0, 0.05) is 37.1 Å². The Kier molecular flexibility index (Phi) is 6.48. The molecule has 0 amide bonds. The third-order valence-corrected chi connectivity index (χ3v) is 7.25. The molecule has 0 radical (unpaired) electrons. The summed E-state index contributed by atoms with van der Waals surface area (Å²) in [4.78, 5) is 18.3. The SMILES string of the molecule is CCC1(O)CCc2ccc(Nc3nc(Nc4ccc(N5CCN(C)CC5C)cc4)ncc3C#N)nc21. The molecule has 3 aromatic rings. The van der Waals surface area contributed by atoms with Gasteiger partial charge in [-0.1, -0.05) is 13.0 Å². The van der Waals surface area contributed by atoms with E-state index < -0.39 is 5.60 Å². The van der Waals surface area contributed by atoms with E-state index in [2.05, 4.69) is 67.6 Å². The highest BCUT2D eigenvalue weighted by Gasteiger charge is 2.36. The summed E-state index contributed by atoms with van der Waals surface area (Å²) in [5.41, 5.74) is 3.23. The molecule has 0 spiro atoms. The van der Waals surface area contributed by atoms with Crippen LogP contribution in [-0.2, 0) is 12.0 Å². The number of hydrogen-bond donors (Lipinski definition) is 3. The fourth-order valence-corrected chi connectivity index (χ4v) is 5.10. The maximum atomic E-state index is 10.9. The molecule has 3 heterocycles. The second-order valence-electron chi connectivity index (χ2n) is 9.76. The van der Waals surface area contributed by atoms with Gasteiger partial charge in [0.25, 0.3) is 0 Å². The summed E-state index contributed by atoms with van der Waals surface area (Å²) >= 11 is 0. The second kappa shape index (κ2) is 9.72. The first-order valence-corrected chi connectivity index (χ1v) is 12.5. The van der Waals surface area contributed by atoms with Gasteiger partial charge in [0.05, 0.1) is 11.9 Å². The van der Waals surface area contributed by atoms with Crippen molar-refractivity contribution >= 4 is 29.0 Å². The topological polar surface area (TPSA) is 113 Å². The van der Waals surface area contributed by atoms with Crippen LogP contribution in [0.3, 0.4) is 0 Å². The lowest BCUT2D eigenvalue weighted by molar-refractivity contribution is 0.0307. The van der Waals surface area contributed by atoms with Crippen molar-refractivity contribution in [3.05, 3.63) is 59.4 Å². The van der Waals surface area contributed by atoms with E-state index in [4.69, 9.17) is 0 Å². The molecular formula is C27H32N8O. The summed E-state index contributed by atoms with van der Waals surface area (Å²) in [5.74, 6) is 1.28. The first-order valence-electron chi connectivity index (χ1n) is 12.5. The van der Waals surface area contributed by atoms with E-state index in [9.17, 15) is 10.4 Å². The van der Waals surface area contributed by atoms with Crippen molar-refractivity contribution in [1.29, 1.82) is 5.26 Å². The van der Waals surface area contributed by atoms with Crippen LogP contribution in [0.2, 0.25) is 0 Å². The van der Waals surface area contributed by atoms with E-state index in [1.165, 1.54) is 11.9 Å². The monoisotopic (exact) mass is 484 g/mol. The van der Waals surface area contributed by atoms with Crippen molar-refractivity contribution in [2.75, 3.05) is 42.2 Å². The molecular weight excluding hydrogens is 452 g/mol. The van der Waals surface area contributed by atoms with E-state index in [1.807, 2.05) is 31.2 Å². The number of aryl methyl sites for hydroxylation is 1. The van der Waals surface area contributed by atoms with Crippen LogP contribution < -0.4 is 15.5 Å². The number of anilines is 5. The molecule has 1 aliphatic carbocycles. The van der Waals surface area contributed by atoms with Crippen LogP contribution in [0.15, 0.2) is 42.6 Å². The van der Waals surface area contributed by atoms with Gasteiger partial charge < -0.3 is 25.5 Å². The van der Waals surface area contributed by atoms with Gasteiger partial charge in [0.1, 0.15) is 23.1 Å². The minimum absolute atomic E-state index is 0.313. The van der Waals surface area contributed by atoms with Gasteiger partial charge in [0.2, 0.25) is 5.95 Å². The largest absolute Gasteiger partial charge is 0.384 e. The lowest BCUT2D eigenvalue weighted by atomic mass is 9.98. The van der Waals surface area contributed by atoms with Crippen molar-refractivity contribution in [3.63, 3.8) is 0 Å². The van der Waals surface area contributed by atoms with Crippen molar-refractivity contribution in [1.82, 2.24) is 19.9 Å². The molecule has 5 rings (SSSR count). The van der Waals surface area contributed by atoms with Gasteiger partial charge in [-0.2, -0.15) is 10.2 Å². The highest BCUT2D eigenvalue weighted by atomic mass is 16.3. The molecule has 2 atom stereocenters. The number of rotatable bonds is 6. The summed E-state index contributed by atoms with van der Waals surface area (Å²) in [6, 6.07) is 14.7. The number of hydrogen-bond acceptors (Lipinski definition) is 9. The third kappa shape index (κ3) is 4.70. The maximum Gasteiger partial charge on any atom is 0.229 e. The molecule has 1 aliphatic heterocycles. The van der Waals surface area contributed by atoms with Gasteiger partial charge in [0.15, 0.2) is 5.82 Å². The number of fused-ring (bicyclic) bond motifs is 1. The summed E-state index contributed by atoms with van der Waals surface area (Å²) in [6.45, 7) is 7.32. The van der Waals surface area contributed by atoms with Crippen LogP contribution in [0.5, 0.6) is 0 Å². The number of nitriles is 1. The molecule has 2 unspecified atom stereocenters. The molecule has 0 bridgehead atoms. The second-order valence-corrected chi connectivity index (χ2v) is 9.76. The predicted octanol–water partition coefficient (Wildman–Crippen LogP) is 3.91. The number of pyridine rings is 1. The fraction of sp³-hybridized carbons (Fsp3) is 0.407.